The summed E-state index contributed by atoms with van der Waals surface area (Å²) in [7, 11) is 1.76. The summed E-state index contributed by atoms with van der Waals surface area (Å²) >= 11 is 0. The van der Waals surface area contributed by atoms with Crippen molar-refractivity contribution in [3.8, 4) is 0 Å². The number of nitrogens with one attached hydrogen (secondary N) is 1. The molecule has 1 aliphatic heterocycles. The smallest absolute Gasteiger partial charge is 0.0476 e. The Bertz CT molecular complexity index is 135. The molecule has 1 unspecified atom stereocenters. The molecule has 0 aromatic heterocycles. The van der Waals surface area contributed by atoms with Gasteiger partial charge in [0.15, 0.2) is 0 Å². The van der Waals surface area contributed by atoms with Crippen LogP contribution in [0.3, 0.4) is 0 Å². The Hall–Kier alpha value is -0.120. The van der Waals surface area contributed by atoms with Gasteiger partial charge in [-0.3, -0.25) is 0 Å². The van der Waals surface area contributed by atoms with Crippen LogP contribution in [0.2, 0.25) is 0 Å². The molecule has 1 N–H and O–H groups in total. The molecule has 0 bridgehead atoms. The molecule has 0 aromatic rings. The number of ether oxygens (including phenoxy) is 2. The Morgan fingerprint density at radius 1 is 1.43 bits per heavy atom. The van der Waals surface area contributed by atoms with Crippen molar-refractivity contribution in [3.05, 3.63) is 0 Å². The molecule has 1 fully saturated rings. The monoisotopic (exact) mass is 201 g/mol. The Balaban J connectivity index is 2.00. The van der Waals surface area contributed by atoms with E-state index in [9.17, 15) is 0 Å². The third kappa shape index (κ3) is 4.94. The van der Waals surface area contributed by atoms with Crippen LogP contribution in [0.15, 0.2) is 0 Å². The standard InChI is InChI=1S/C11H23NO2/c1-10(3-6-13-2)12-9-11-4-7-14-8-5-11/h10-12H,3-9H2,1-2H3. The lowest BCUT2D eigenvalue weighted by molar-refractivity contribution is 0.0651. The second kappa shape index (κ2) is 7.21. The van der Waals surface area contributed by atoms with Crippen molar-refractivity contribution in [2.45, 2.75) is 32.2 Å². The van der Waals surface area contributed by atoms with Crippen LogP contribution in [0.1, 0.15) is 26.2 Å². The van der Waals surface area contributed by atoms with Gasteiger partial charge in [-0.15, -0.1) is 0 Å². The van der Waals surface area contributed by atoms with Gasteiger partial charge >= 0.3 is 0 Å². The summed E-state index contributed by atoms with van der Waals surface area (Å²) in [6, 6.07) is 0.567. The Morgan fingerprint density at radius 2 is 2.14 bits per heavy atom. The fourth-order valence-electron chi connectivity index (χ4n) is 1.72. The molecule has 0 aliphatic carbocycles. The van der Waals surface area contributed by atoms with Gasteiger partial charge in [0.1, 0.15) is 0 Å². The number of hydrogen-bond acceptors (Lipinski definition) is 3. The third-order valence-electron chi connectivity index (χ3n) is 2.85. The number of hydrogen-bond donors (Lipinski definition) is 1. The second-order valence-electron chi connectivity index (χ2n) is 4.15. The maximum absolute atomic E-state index is 5.32. The molecule has 1 heterocycles. The molecule has 14 heavy (non-hydrogen) atoms. The minimum absolute atomic E-state index is 0.567. The molecule has 1 saturated heterocycles. The zero-order valence-electron chi connectivity index (χ0n) is 9.42. The molecule has 0 amide bonds. The van der Waals surface area contributed by atoms with Crippen LogP contribution < -0.4 is 5.32 Å². The number of rotatable bonds is 6. The first-order valence-electron chi connectivity index (χ1n) is 5.63. The highest BCUT2D eigenvalue weighted by molar-refractivity contribution is 4.69. The average molecular weight is 201 g/mol. The fourth-order valence-corrected chi connectivity index (χ4v) is 1.72. The minimum Gasteiger partial charge on any atom is -0.385 e. The molecule has 84 valence electrons. The largest absolute Gasteiger partial charge is 0.385 e. The first kappa shape index (κ1) is 12.0. The summed E-state index contributed by atoms with van der Waals surface area (Å²) in [6.45, 7) is 6.09. The van der Waals surface area contributed by atoms with Crippen LogP contribution >= 0.6 is 0 Å². The van der Waals surface area contributed by atoms with Gasteiger partial charge in [0.2, 0.25) is 0 Å². The zero-order chi connectivity index (χ0) is 10.2. The van der Waals surface area contributed by atoms with Crippen LogP contribution in [0.25, 0.3) is 0 Å². The van der Waals surface area contributed by atoms with Gasteiger partial charge < -0.3 is 14.8 Å². The zero-order valence-corrected chi connectivity index (χ0v) is 9.42. The summed E-state index contributed by atoms with van der Waals surface area (Å²) in [5, 5.41) is 3.55. The Labute approximate surface area is 87.2 Å². The lowest BCUT2D eigenvalue weighted by Gasteiger charge is -2.24. The van der Waals surface area contributed by atoms with Gasteiger partial charge in [-0.1, -0.05) is 0 Å². The lowest BCUT2D eigenvalue weighted by Crippen LogP contribution is -2.34. The first-order valence-corrected chi connectivity index (χ1v) is 5.63. The van der Waals surface area contributed by atoms with Crippen molar-refractivity contribution >= 4 is 0 Å². The maximum Gasteiger partial charge on any atom is 0.0476 e. The van der Waals surface area contributed by atoms with Crippen molar-refractivity contribution < 1.29 is 9.47 Å². The van der Waals surface area contributed by atoms with Crippen LogP contribution in [0.4, 0.5) is 0 Å². The van der Waals surface area contributed by atoms with E-state index in [1.807, 2.05) is 0 Å². The molecule has 3 heteroatoms. The molecule has 0 aromatic carbocycles. The van der Waals surface area contributed by atoms with Gasteiger partial charge in [0, 0.05) is 33.0 Å². The van der Waals surface area contributed by atoms with E-state index < -0.39 is 0 Å². The van der Waals surface area contributed by atoms with Crippen LogP contribution in [0.5, 0.6) is 0 Å². The molecule has 0 spiro atoms. The highest BCUT2D eigenvalue weighted by Crippen LogP contribution is 2.13. The maximum atomic E-state index is 5.32. The van der Waals surface area contributed by atoms with E-state index in [1.165, 1.54) is 12.8 Å². The molecule has 1 aliphatic rings. The third-order valence-corrected chi connectivity index (χ3v) is 2.85. The molecular formula is C11H23NO2. The predicted octanol–water partition coefficient (Wildman–Crippen LogP) is 1.43. The topological polar surface area (TPSA) is 30.5 Å². The van der Waals surface area contributed by atoms with Crippen molar-refractivity contribution in [3.63, 3.8) is 0 Å². The highest BCUT2D eigenvalue weighted by atomic mass is 16.5. The molecular weight excluding hydrogens is 178 g/mol. The molecule has 0 radical (unpaired) electrons. The highest BCUT2D eigenvalue weighted by Gasteiger charge is 2.14. The molecule has 1 rings (SSSR count). The fraction of sp³-hybridized carbons (Fsp3) is 1.00. The quantitative estimate of drug-likeness (QED) is 0.705. The van der Waals surface area contributed by atoms with Crippen molar-refractivity contribution in [2.24, 2.45) is 5.92 Å². The molecule has 1 atom stereocenters. The summed E-state index contributed by atoms with van der Waals surface area (Å²) in [4.78, 5) is 0. The van der Waals surface area contributed by atoms with E-state index in [4.69, 9.17) is 9.47 Å². The van der Waals surface area contributed by atoms with Gasteiger partial charge in [-0.25, -0.2) is 0 Å². The summed E-state index contributed by atoms with van der Waals surface area (Å²) < 4.78 is 10.4. The first-order chi connectivity index (χ1) is 6.83. The molecule has 0 saturated carbocycles. The van der Waals surface area contributed by atoms with Gasteiger partial charge in [-0.2, -0.15) is 0 Å². The lowest BCUT2D eigenvalue weighted by atomic mass is 10.00. The number of methoxy groups -OCH3 is 1. The van der Waals surface area contributed by atoms with Crippen molar-refractivity contribution in [2.75, 3.05) is 33.5 Å². The van der Waals surface area contributed by atoms with Crippen molar-refractivity contribution in [1.82, 2.24) is 5.32 Å². The van der Waals surface area contributed by atoms with Crippen LogP contribution in [0, 0.1) is 5.92 Å². The van der Waals surface area contributed by atoms with E-state index in [2.05, 4.69) is 12.2 Å². The van der Waals surface area contributed by atoms with E-state index in [0.717, 1.165) is 38.7 Å². The second-order valence-corrected chi connectivity index (χ2v) is 4.15. The predicted molar refractivity (Wildman–Crippen MR) is 57.5 cm³/mol. The van der Waals surface area contributed by atoms with Gasteiger partial charge in [0.05, 0.1) is 0 Å². The minimum atomic E-state index is 0.567. The molecule has 3 nitrogen and oxygen atoms in total. The van der Waals surface area contributed by atoms with Crippen molar-refractivity contribution in [1.29, 1.82) is 0 Å². The van der Waals surface area contributed by atoms with E-state index in [1.54, 1.807) is 7.11 Å². The van der Waals surface area contributed by atoms with E-state index in [0.29, 0.717) is 6.04 Å². The van der Waals surface area contributed by atoms with E-state index >= 15 is 0 Å². The summed E-state index contributed by atoms with van der Waals surface area (Å²) in [5.41, 5.74) is 0. The van der Waals surface area contributed by atoms with E-state index in [-0.39, 0.29) is 0 Å². The normalized spacial score (nSPS) is 21.0. The average Bonchev–Trinajstić information content (AvgIpc) is 2.25. The van der Waals surface area contributed by atoms with Gasteiger partial charge in [-0.05, 0) is 38.6 Å². The Morgan fingerprint density at radius 3 is 2.79 bits per heavy atom. The van der Waals surface area contributed by atoms with Crippen LogP contribution in [-0.2, 0) is 9.47 Å². The Kier molecular flexibility index (Phi) is 6.15. The van der Waals surface area contributed by atoms with Gasteiger partial charge in [0.25, 0.3) is 0 Å². The SMILES string of the molecule is COCCC(C)NCC1CCOCC1. The summed E-state index contributed by atoms with van der Waals surface area (Å²) in [6.07, 6.45) is 3.52. The summed E-state index contributed by atoms with van der Waals surface area (Å²) in [5.74, 6) is 0.814. The van der Waals surface area contributed by atoms with Crippen LogP contribution in [-0.4, -0.2) is 39.5 Å².